The maximum Gasteiger partial charge on any atom is 0.251 e. The molecule has 1 unspecified atom stereocenters. The number of benzene rings is 1. The standard InChI is InChI=1S/C15H23N3O2/c1-9(2)12(8-16)15(20)18-13-7-11(14(19)17-4)6-5-10(13)3/h5-7,9,12H,8,16H2,1-4H3,(H,17,19)(H,18,20). The van der Waals surface area contributed by atoms with Crippen molar-refractivity contribution in [1.29, 1.82) is 0 Å². The van der Waals surface area contributed by atoms with Gasteiger partial charge in [-0.25, -0.2) is 0 Å². The van der Waals surface area contributed by atoms with E-state index in [1.807, 2.05) is 26.8 Å². The molecule has 5 nitrogen and oxygen atoms in total. The molecule has 1 rings (SSSR count). The molecule has 0 aliphatic carbocycles. The second-order valence-corrected chi connectivity index (χ2v) is 5.18. The number of nitrogens with one attached hydrogen (secondary N) is 2. The summed E-state index contributed by atoms with van der Waals surface area (Å²) in [6.45, 7) is 6.11. The van der Waals surface area contributed by atoms with Gasteiger partial charge in [0.15, 0.2) is 0 Å². The second-order valence-electron chi connectivity index (χ2n) is 5.18. The molecular formula is C15H23N3O2. The minimum atomic E-state index is -0.238. The molecule has 4 N–H and O–H groups in total. The Morgan fingerprint density at radius 3 is 2.45 bits per heavy atom. The molecule has 5 heteroatoms. The molecule has 2 amide bonds. The van der Waals surface area contributed by atoms with Crippen LogP contribution in [0.2, 0.25) is 0 Å². The molecule has 0 aliphatic heterocycles. The fourth-order valence-electron chi connectivity index (χ4n) is 1.95. The summed E-state index contributed by atoms with van der Waals surface area (Å²) in [6, 6.07) is 5.22. The van der Waals surface area contributed by atoms with Crippen LogP contribution in [0.4, 0.5) is 5.69 Å². The molecule has 0 fully saturated rings. The van der Waals surface area contributed by atoms with Crippen molar-refractivity contribution in [2.24, 2.45) is 17.6 Å². The zero-order chi connectivity index (χ0) is 15.3. The number of anilines is 1. The smallest absolute Gasteiger partial charge is 0.251 e. The van der Waals surface area contributed by atoms with Gasteiger partial charge in [0.1, 0.15) is 0 Å². The Balaban J connectivity index is 2.96. The maximum atomic E-state index is 12.2. The summed E-state index contributed by atoms with van der Waals surface area (Å²) < 4.78 is 0. The van der Waals surface area contributed by atoms with Gasteiger partial charge < -0.3 is 16.4 Å². The summed E-state index contributed by atoms with van der Waals surface area (Å²) in [5.41, 5.74) is 7.71. The number of amides is 2. The molecule has 1 aromatic rings. The van der Waals surface area contributed by atoms with E-state index in [2.05, 4.69) is 10.6 Å². The number of carbonyl (C=O) groups excluding carboxylic acids is 2. The van der Waals surface area contributed by atoms with Crippen LogP contribution < -0.4 is 16.4 Å². The van der Waals surface area contributed by atoms with Gasteiger partial charge in [0.05, 0.1) is 5.92 Å². The largest absolute Gasteiger partial charge is 0.355 e. The van der Waals surface area contributed by atoms with Crippen molar-refractivity contribution in [2.75, 3.05) is 18.9 Å². The van der Waals surface area contributed by atoms with Crippen LogP contribution in [0.3, 0.4) is 0 Å². The van der Waals surface area contributed by atoms with E-state index in [1.165, 1.54) is 0 Å². The summed E-state index contributed by atoms with van der Waals surface area (Å²) >= 11 is 0. The van der Waals surface area contributed by atoms with E-state index in [-0.39, 0.29) is 23.7 Å². The number of nitrogens with two attached hydrogens (primary N) is 1. The normalized spacial score (nSPS) is 12.1. The minimum absolute atomic E-state index is 0.111. The summed E-state index contributed by atoms with van der Waals surface area (Å²) in [5.74, 6) is -0.361. The van der Waals surface area contributed by atoms with Crippen LogP contribution in [0, 0.1) is 18.8 Å². The van der Waals surface area contributed by atoms with Crippen molar-refractivity contribution >= 4 is 17.5 Å². The number of aryl methyl sites for hydroxylation is 1. The molecule has 0 radical (unpaired) electrons. The van der Waals surface area contributed by atoms with E-state index in [1.54, 1.807) is 19.2 Å². The van der Waals surface area contributed by atoms with Crippen LogP contribution in [0.1, 0.15) is 29.8 Å². The monoisotopic (exact) mass is 277 g/mol. The van der Waals surface area contributed by atoms with Gasteiger partial charge in [0.25, 0.3) is 5.91 Å². The lowest BCUT2D eigenvalue weighted by Crippen LogP contribution is -2.33. The van der Waals surface area contributed by atoms with Gasteiger partial charge >= 0.3 is 0 Å². The Bertz CT molecular complexity index is 498. The van der Waals surface area contributed by atoms with Gasteiger partial charge in [-0.2, -0.15) is 0 Å². The number of hydrogen-bond acceptors (Lipinski definition) is 3. The molecular weight excluding hydrogens is 254 g/mol. The molecule has 0 saturated carbocycles. The van der Waals surface area contributed by atoms with Crippen LogP contribution in [0.25, 0.3) is 0 Å². The highest BCUT2D eigenvalue weighted by molar-refractivity contribution is 5.98. The summed E-state index contributed by atoms with van der Waals surface area (Å²) in [5, 5.41) is 5.42. The van der Waals surface area contributed by atoms with E-state index < -0.39 is 0 Å². The van der Waals surface area contributed by atoms with E-state index in [0.29, 0.717) is 17.8 Å². The van der Waals surface area contributed by atoms with Crippen molar-refractivity contribution in [3.05, 3.63) is 29.3 Å². The summed E-state index contributed by atoms with van der Waals surface area (Å²) in [4.78, 5) is 23.8. The number of carbonyl (C=O) groups is 2. The molecule has 0 aliphatic rings. The van der Waals surface area contributed by atoms with Gasteiger partial charge in [0, 0.05) is 24.8 Å². The SMILES string of the molecule is CNC(=O)c1ccc(C)c(NC(=O)C(CN)C(C)C)c1. The number of hydrogen-bond donors (Lipinski definition) is 3. The molecule has 0 bridgehead atoms. The average molecular weight is 277 g/mol. The van der Waals surface area contributed by atoms with Crippen LogP contribution in [0.15, 0.2) is 18.2 Å². The van der Waals surface area contributed by atoms with Crippen molar-refractivity contribution in [3.63, 3.8) is 0 Å². The highest BCUT2D eigenvalue weighted by Crippen LogP contribution is 2.19. The van der Waals surface area contributed by atoms with Gasteiger partial charge in [-0.15, -0.1) is 0 Å². The first-order chi connectivity index (χ1) is 9.40. The fourth-order valence-corrected chi connectivity index (χ4v) is 1.95. The lowest BCUT2D eigenvalue weighted by molar-refractivity contribution is -0.120. The first-order valence-electron chi connectivity index (χ1n) is 6.74. The Morgan fingerprint density at radius 2 is 1.95 bits per heavy atom. The predicted molar refractivity (Wildman–Crippen MR) is 80.6 cm³/mol. The molecule has 0 aromatic heterocycles. The maximum absolute atomic E-state index is 12.2. The first-order valence-corrected chi connectivity index (χ1v) is 6.74. The van der Waals surface area contributed by atoms with Gasteiger partial charge in [0.2, 0.25) is 5.91 Å². The predicted octanol–water partition coefficient (Wildman–Crippen LogP) is 1.52. The van der Waals surface area contributed by atoms with Gasteiger partial charge in [-0.05, 0) is 30.5 Å². The Labute approximate surface area is 119 Å². The molecule has 1 atom stereocenters. The van der Waals surface area contributed by atoms with Crippen LogP contribution in [-0.4, -0.2) is 25.4 Å². The highest BCUT2D eigenvalue weighted by Gasteiger charge is 2.21. The zero-order valence-electron chi connectivity index (χ0n) is 12.5. The van der Waals surface area contributed by atoms with E-state index in [4.69, 9.17) is 5.73 Å². The van der Waals surface area contributed by atoms with Crippen LogP contribution >= 0.6 is 0 Å². The third-order valence-electron chi connectivity index (χ3n) is 3.38. The van der Waals surface area contributed by atoms with Gasteiger partial charge in [-0.3, -0.25) is 9.59 Å². The first kappa shape index (κ1) is 16.2. The average Bonchev–Trinajstić information content (AvgIpc) is 2.40. The topological polar surface area (TPSA) is 84.2 Å². The third kappa shape index (κ3) is 3.81. The van der Waals surface area contributed by atoms with Crippen molar-refractivity contribution in [2.45, 2.75) is 20.8 Å². The molecule has 1 aromatic carbocycles. The molecule has 0 spiro atoms. The van der Waals surface area contributed by atoms with E-state index in [0.717, 1.165) is 5.56 Å². The van der Waals surface area contributed by atoms with Crippen molar-refractivity contribution in [1.82, 2.24) is 5.32 Å². The molecule has 0 saturated heterocycles. The Morgan fingerprint density at radius 1 is 1.30 bits per heavy atom. The molecule has 110 valence electrons. The van der Waals surface area contributed by atoms with Gasteiger partial charge in [-0.1, -0.05) is 19.9 Å². The molecule has 20 heavy (non-hydrogen) atoms. The second kappa shape index (κ2) is 7.05. The third-order valence-corrected chi connectivity index (χ3v) is 3.38. The Hall–Kier alpha value is -1.88. The van der Waals surface area contributed by atoms with E-state index >= 15 is 0 Å². The molecule has 0 heterocycles. The fraction of sp³-hybridized carbons (Fsp3) is 0.467. The lowest BCUT2D eigenvalue weighted by atomic mass is 9.95. The Kier molecular flexibility index (Phi) is 5.70. The van der Waals surface area contributed by atoms with E-state index in [9.17, 15) is 9.59 Å². The van der Waals surface area contributed by atoms with Crippen molar-refractivity contribution in [3.8, 4) is 0 Å². The lowest BCUT2D eigenvalue weighted by Gasteiger charge is -2.19. The van der Waals surface area contributed by atoms with Crippen LogP contribution in [0.5, 0.6) is 0 Å². The van der Waals surface area contributed by atoms with Crippen molar-refractivity contribution < 1.29 is 9.59 Å². The van der Waals surface area contributed by atoms with Crippen LogP contribution in [-0.2, 0) is 4.79 Å². The highest BCUT2D eigenvalue weighted by atomic mass is 16.2. The summed E-state index contributed by atoms with van der Waals surface area (Å²) in [6.07, 6.45) is 0. The quantitative estimate of drug-likeness (QED) is 0.763. The zero-order valence-corrected chi connectivity index (χ0v) is 12.5. The summed E-state index contributed by atoms with van der Waals surface area (Å²) in [7, 11) is 1.57. The number of rotatable bonds is 5. The minimum Gasteiger partial charge on any atom is -0.355 e.